The number of hydrogen-bond donors (Lipinski definition) is 0. The number of rotatable bonds is 6. The van der Waals surface area contributed by atoms with Gasteiger partial charge in [-0.15, -0.1) is 0 Å². The van der Waals surface area contributed by atoms with Gasteiger partial charge in [0.2, 0.25) is 0 Å². The molecule has 1 aromatic heterocycles. The fourth-order valence-corrected chi connectivity index (χ4v) is 3.48. The van der Waals surface area contributed by atoms with Crippen molar-refractivity contribution in [1.29, 1.82) is 0 Å². The lowest BCUT2D eigenvalue weighted by atomic mass is 10.0. The van der Waals surface area contributed by atoms with Gasteiger partial charge < -0.3 is 14.5 Å². The summed E-state index contributed by atoms with van der Waals surface area (Å²) in [5.41, 5.74) is 3.68. The first kappa shape index (κ1) is 17.2. The van der Waals surface area contributed by atoms with Gasteiger partial charge >= 0.3 is 0 Å². The lowest BCUT2D eigenvalue weighted by Crippen LogP contribution is -2.37. The third-order valence-electron chi connectivity index (χ3n) is 4.84. The minimum absolute atomic E-state index is 0.415. The van der Waals surface area contributed by atoms with Gasteiger partial charge in [-0.2, -0.15) is 0 Å². The fourth-order valence-electron chi connectivity index (χ4n) is 3.48. The topological polar surface area (TPSA) is 28.6 Å². The van der Waals surface area contributed by atoms with Crippen LogP contribution in [-0.4, -0.2) is 56.3 Å². The Hall–Kier alpha value is -1.65. The van der Waals surface area contributed by atoms with Gasteiger partial charge in [0.15, 0.2) is 0 Å². The van der Waals surface area contributed by atoms with Crippen molar-refractivity contribution in [2.75, 3.05) is 45.2 Å². The van der Waals surface area contributed by atoms with Gasteiger partial charge in [-0.25, -0.2) is 0 Å². The minimum atomic E-state index is 0.415. The number of pyridine rings is 1. The number of piperidine rings is 1. The van der Waals surface area contributed by atoms with Crippen LogP contribution in [0.2, 0.25) is 0 Å². The summed E-state index contributed by atoms with van der Waals surface area (Å²) in [5.74, 6) is 0. The molecule has 0 aliphatic carbocycles. The number of hydrogen-bond acceptors (Lipinski definition) is 4. The number of anilines is 1. The first-order valence-corrected chi connectivity index (χ1v) is 9.01. The third kappa shape index (κ3) is 4.05. The van der Waals surface area contributed by atoms with E-state index in [1.54, 1.807) is 0 Å². The lowest BCUT2D eigenvalue weighted by molar-refractivity contribution is 0.0333. The average molecular weight is 327 g/mol. The molecule has 0 N–H and O–H groups in total. The van der Waals surface area contributed by atoms with Crippen LogP contribution in [0.1, 0.15) is 24.8 Å². The van der Waals surface area contributed by atoms with Crippen molar-refractivity contribution < 1.29 is 4.74 Å². The molecular weight excluding hydrogens is 298 g/mol. The van der Waals surface area contributed by atoms with E-state index in [2.05, 4.69) is 60.1 Å². The second-order valence-corrected chi connectivity index (χ2v) is 7.02. The van der Waals surface area contributed by atoms with Crippen LogP contribution in [0.25, 0.3) is 10.9 Å². The van der Waals surface area contributed by atoms with Crippen molar-refractivity contribution in [2.45, 2.75) is 32.3 Å². The number of fused-ring (bicyclic) bond motifs is 1. The van der Waals surface area contributed by atoms with Gasteiger partial charge in [0.05, 0.1) is 11.6 Å². The van der Waals surface area contributed by atoms with Gasteiger partial charge in [0.1, 0.15) is 0 Å². The Morgan fingerprint density at radius 3 is 2.75 bits per heavy atom. The molecule has 0 saturated carbocycles. The molecule has 130 valence electrons. The first-order valence-electron chi connectivity index (χ1n) is 9.01. The van der Waals surface area contributed by atoms with E-state index in [1.807, 2.05) is 6.20 Å². The number of ether oxygens (including phenoxy) is 1. The smallest absolute Gasteiger partial charge is 0.0751 e. The molecule has 1 aliphatic heterocycles. The van der Waals surface area contributed by atoms with E-state index in [0.29, 0.717) is 6.10 Å². The molecule has 0 bridgehead atoms. The predicted octanol–water partition coefficient (Wildman–Crippen LogP) is 3.48. The monoisotopic (exact) mass is 327 g/mol. The van der Waals surface area contributed by atoms with Crippen molar-refractivity contribution >= 4 is 16.6 Å². The quantitative estimate of drug-likeness (QED) is 0.760. The molecule has 4 heteroatoms. The molecule has 1 saturated heterocycles. The zero-order valence-electron chi connectivity index (χ0n) is 15.2. The Kier molecular flexibility index (Phi) is 5.69. The van der Waals surface area contributed by atoms with Crippen LogP contribution in [0, 0.1) is 6.92 Å². The molecule has 0 amide bonds. The third-order valence-corrected chi connectivity index (χ3v) is 4.84. The predicted molar refractivity (Wildman–Crippen MR) is 101 cm³/mol. The highest BCUT2D eigenvalue weighted by Crippen LogP contribution is 2.29. The molecule has 1 fully saturated rings. The Bertz CT molecular complexity index is 663. The molecule has 24 heavy (non-hydrogen) atoms. The van der Waals surface area contributed by atoms with Crippen LogP contribution < -0.4 is 4.90 Å². The molecule has 1 aliphatic rings. The maximum Gasteiger partial charge on any atom is 0.0751 e. The summed E-state index contributed by atoms with van der Waals surface area (Å²) in [4.78, 5) is 9.26. The number of para-hydroxylation sites is 1. The van der Waals surface area contributed by atoms with Gasteiger partial charge in [0.25, 0.3) is 0 Å². The Morgan fingerprint density at radius 2 is 2.00 bits per heavy atom. The summed E-state index contributed by atoms with van der Waals surface area (Å²) in [7, 11) is 4.22. The largest absolute Gasteiger partial charge is 0.378 e. The van der Waals surface area contributed by atoms with Gasteiger partial charge in [0, 0.05) is 37.0 Å². The highest BCUT2D eigenvalue weighted by Gasteiger charge is 2.21. The van der Waals surface area contributed by atoms with Crippen LogP contribution in [0.3, 0.4) is 0 Å². The second-order valence-electron chi connectivity index (χ2n) is 7.02. The average Bonchev–Trinajstić information content (AvgIpc) is 2.59. The van der Waals surface area contributed by atoms with Gasteiger partial charge in [-0.05, 0) is 58.5 Å². The van der Waals surface area contributed by atoms with Crippen molar-refractivity contribution in [2.24, 2.45) is 0 Å². The van der Waals surface area contributed by atoms with Crippen LogP contribution in [0.5, 0.6) is 0 Å². The van der Waals surface area contributed by atoms with E-state index in [1.165, 1.54) is 16.6 Å². The number of benzene rings is 1. The lowest BCUT2D eigenvalue weighted by Gasteiger charge is -2.34. The summed E-state index contributed by atoms with van der Waals surface area (Å²) >= 11 is 0. The highest BCUT2D eigenvalue weighted by atomic mass is 16.5. The zero-order chi connectivity index (χ0) is 16.9. The Morgan fingerprint density at radius 1 is 1.21 bits per heavy atom. The molecule has 2 aromatic rings. The van der Waals surface area contributed by atoms with Crippen molar-refractivity contribution in [3.05, 3.63) is 36.0 Å². The van der Waals surface area contributed by atoms with E-state index in [-0.39, 0.29) is 0 Å². The minimum Gasteiger partial charge on any atom is -0.378 e. The van der Waals surface area contributed by atoms with Gasteiger partial charge in [-0.1, -0.05) is 18.2 Å². The van der Waals surface area contributed by atoms with E-state index in [4.69, 9.17) is 4.74 Å². The number of nitrogens with zero attached hydrogens (tertiary/aromatic N) is 3. The SMILES string of the molecule is Cc1cccc2c(N3CCC(OCCCN(C)C)CC3)ccnc12. The molecule has 2 heterocycles. The van der Waals surface area contributed by atoms with Crippen molar-refractivity contribution in [3.8, 4) is 0 Å². The second kappa shape index (κ2) is 7.95. The van der Waals surface area contributed by atoms with Crippen molar-refractivity contribution in [3.63, 3.8) is 0 Å². The van der Waals surface area contributed by atoms with E-state index >= 15 is 0 Å². The van der Waals surface area contributed by atoms with E-state index in [0.717, 1.165) is 51.0 Å². The highest BCUT2D eigenvalue weighted by molar-refractivity contribution is 5.93. The van der Waals surface area contributed by atoms with Crippen molar-refractivity contribution in [1.82, 2.24) is 9.88 Å². The standard InChI is InChI=1S/C20H29N3O/c1-16-6-4-7-18-19(8-11-21-20(16)18)23-13-9-17(10-14-23)24-15-5-12-22(2)3/h4,6-8,11,17H,5,9-10,12-15H2,1-3H3. The summed E-state index contributed by atoms with van der Waals surface area (Å²) < 4.78 is 6.06. The maximum atomic E-state index is 6.06. The molecule has 0 radical (unpaired) electrons. The Labute approximate surface area is 145 Å². The number of aryl methyl sites for hydroxylation is 1. The summed E-state index contributed by atoms with van der Waals surface area (Å²) in [6, 6.07) is 8.60. The normalized spacial score (nSPS) is 16.2. The molecule has 0 spiro atoms. The Balaban J connectivity index is 1.58. The molecule has 3 rings (SSSR count). The molecule has 1 aromatic carbocycles. The van der Waals surface area contributed by atoms with E-state index in [9.17, 15) is 0 Å². The summed E-state index contributed by atoms with van der Waals surface area (Å²) in [6.45, 7) is 6.23. The fraction of sp³-hybridized carbons (Fsp3) is 0.550. The van der Waals surface area contributed by atoms with E-state index < -0.39 is 0 Å². The first-order chi connectivity index (χ1) is 11.6. The summed E-state index contributed by atoms with van der Waals surface area (Å²) in [6.07, 6.45) is 5.68. The number of aromatic nitrogens is 1. The molecule has 0 atom stereocenters. The molecule has 4 nitrogen and oxygen atoms in total. The van der Waals surface area contributed by atoms with Gasteiger partial charge in [-0.3, -0.25) is 4.98 Å². The molecular formula is C20H29N3O. The van der Waals surface area contributed by atoms with Crippen LogP contribution in [-0.2, 0) is 4.74 Å². The van der Waals surface area contributed by atoms with Crippen LogP contribution in [0.4, 0.5) is 5.69 Å². The van der Waals surface area contributed by atoms with Crippen LogP contribution >= 0.6 is 0 Å². The van der Waals surface area contributed by atoms with Crippen LogP contribution in [0.15, 0.2) is 30.5 Å². The summed E-state index contributed by atoms with van der Waals surface area (Å²) in [5, 5.41) is 1.27. The molecule has 0 unspecified atom stereocenters. The zero-order valence-corrected chi connectivity index (χ0v) is 15.2. The maximum absolute atomic E-state index is 6.06.